The van der Waals surface area contributed by atoms with E-state index in [1.54, 1.807) is 12.1 Å². The van der Waals surface area contributed by atoms with Crippen LogP contribution in [0.3, 0.4) is 0 Å². The van der Waals surface area contributed by atoms with Gasteiger partial charge in [0.05, 0.1) is 33.6 Å². The van der Waals surface area contributed by atoms with Crippen LogP contribution in [0.15, 0.2) is 24.3 Å². The van der Waals surface area contributed by atoms with Crippen LogP contribution in [0.5, 0.6) is 0 Å². The molecule has 1 aromatic carbocycles. The van der Waals surface area contributed by atoms with Crippen LogP contribution in [0.4, 0.5) is 0 Å². The molecule has 0 aliphatic rings. The summed E-state index contributed by atoms with van der Waals surface area (Å²) >= 11 is 0. The van der Waals surface area contributed by atoms with Crippen LogP contribution in [0, 0.1) is 0 Å². The van der Waals surface area contributed by atoms with Crippen LogP contribution in [0.25, 0.3) is 0 Å². The largest absolute Gasteiger partial charge is 1.00 e. The minimum atomic E-state index is -4.49. The Labute approximate surface area is 278 Å². The van der Waals surface area contributed by atoms with Crippen molar-refractivity contribution in [3.05, 3.63) is 35.4 Å². The van der Waals surface area contributed by atoms with Gasteiger partial charge in [-0.25, -0.2) is 18.0 Å². The maximum atomic E-state index is 12.4. The SMILES string of the molecule is CCCCCCCCCCCCCCCCCCCCCCCOC(=O)c1ccccc1C(=O)OCCS(=O)(=O)[O-].[Na+]. The zero-order chi connectivity index (χ0) is 30.0. The Morgan fingerprint density at radius 1 is 0.571 bits per heavy atom. The Hall–Kier alpha value is -0.930. The molecule has 0 N–H and O–H groups in total. The van der Waals surface area contributed by atoms with Crippen molar-refractivity contribution in [3.8, 4) is 0 Å². The van der Waals surface area contributed by atoms with E-state index in [9.17, 15) is 22.6 Å². The monoisotopic (exact) mass is 618 g/mol. The van der Waals surface area contributed by atoms with Crippen LogP contribution in [0.1, 0.15) is 162 Å². The second-order valence-electron chi connectivity index (χ2n) is 11.2. The average molecular weight is 619 g/mol. The van der Waals surface area contributed by atoms with Gasteiger partial charge in [0, 0.05) is 0 Å². The molecule has 0 unspecified atom stereocenters. The van der Waals surface area contributed by atoms with Gasteiger partial charge in [-0.15, -0.1) is 0 Å². The van der Waals surface area contributed by atoms with Gasteiger partial charge in [-0.2, -0.15) is 0 Å². The topological polar surface area (TPSA) is 110 Å². The van der Waals surface area contributed by atoms with Crippen molar-refractivity contribution in [2.45, 2.75) is 142 Å². The Balaban J connectivity index is 0.0000168. The fourth-order valence-corrected chi connectivity index (χ4v) is 5.22. The van der Waals surface area contributed by atoms with E-state index in [2.05, 4.69) is 6.92 Å². The van der Waals surface area contributed by atoms with Gasteiger partial charge in [0.25, 0.3) is 0 Å². The molecule has 1 aromatic rings. The minimum Gasteiger partial charge on any atom is -0.748 e. The Morgan fingerprint density at radius 3 is 1.21 bits per heavy atom. The summed E-state index contributed by atoms with van der Waals surface area (Å²) in [5.74, 6) is -2.30. The first-order valence-electron chi connectivity index (χ1n) is 16.2. The van der Waals surface area contributed by atoms with Gasteiger partial charge in [-0.1, -0.05) is 147 Å². The molecule has 42 heavy (non-hydrogen) atoms. The summed E-state index contributed by atoms with van der Waals surface area (Å²) in [6.07, 6.45) is 27.5. The summed E-state index contributed by atoms with van der Waals surface area (Å²) in [6.45, 7) is 1.99. The van der Waals surface area contributed by atoms with Crippen LogP contribution in [0.2, 0.25) is 0 Å². The molecular weight excluding hydrogens is 563 g/mol. The molecule has 236 valence electrons. The van der Waals surface area contributed by atoms with Crippen LogP contribution in [-0.2, 0) is 19.6 Å². The quantitative estimate of drug-likeness (QED) is 0.0534. The maximum Gasteiger partial charge on any atom is 1.00 e. The van der Waals surface area contributed by atoms with Crippen molar-refractivity contribution in [1.82, 2.24) is 0 Å². The first kappa shape index (κ1) is 41.1. The van der Waals surface area contributed by atoms with E-state index in [1.165, 1.54) is 128 Å². The van der Waals surface area contributed by atoms with Gasteiger partial charge in [-0.05, 0) is 18.6 Å². The summed E-state index contributed by atoms with van der Waals surface area (Å²) in [5.41, 5.74) is 0.0468. The van der Waals surface area contributed by atoms with E-state index in [-0.39, 0.29) is 47.3 Å². The van der Waals surface area contributed by atoms with Crippen molar-refractivity contribution >= 4 is 22.1 Å². The van der Waals surface area contributed by atoms with Gasteiger partial charge < -0.3 is 14.0 Å². The summed E-state index contributed by atoms with van der Waals surface area (Å²) in [4.78, 5) is 24.6. The summed E-state index contributed by atoms with van der Waals surface area (Å²) in [6, 6.07) is 6.04. The molecule has 0 saturated heterocycles. The number of hydrogen-bond donors (Lipinski definition) is 0. The van der Waals surface area contributed by atoms with Gasteiger partial charge in [-0.3, -0.25) is 0 Å². The molecule has 0 heterocycles. The molecule has 9 heteroatoms. The second-order valence-corrected chi connectivity index (χ2v) is 12.7. The van der Waals surface area contributed by atoms with Gasteiger partial charge in [0.1, 0.15) is 6.61 Å². The van der Waals surface area contributed by atoms with Crippen LogP contribution < -0.4 is 29.6 Å². The number of benzene rings is 1. The summed E-state index contributed by atoms with van der Waals surface area (Å²) < 4.78 is 42.1. The number of carbonyl (C=O) groups excluding carboxylic acids is 2. The van der Waals surface area contributed by atoms with Crippen LogP contribution >= 0.6 is 0 Å². The smallest absolute Gasteiger partial charge is 0.748 e. The zero-order valence-electron chi connectivity index (χ0n) is 26.5. The molecule has 0 bridgehead atoms. The van der Waals surface area contributed by atoms with Gasteiger partial charge >= 0.3 is 41.5 Å². The third kappa shape index (κ3) is 23.5. The number of ether oxygens (including phenoxy) is 2. The first-order chi connectivity index (χ1) is 19.8. The summed E-state index contributed by atoms with van der Waals surface area (Å²) in [7, 11) is -4.49. The molecular formula is C33H55NaO7S. The normalized spacial score (nSPS) is 11.2. The third-order valence-corrected chi connectivity index (χ3v) is 8.08. The van der Waals surface area contributed by atoms with Gasteiger partial charge in [0.2, 0.25) is 0 Å². The number of unbranched alkanes of at least 4 members (excludes halogenated alkanes) is 20. The fraction of sp³-hybridized carbons (Fsp3) is 0.758. The van der Waals surface area contributed by atoms with Crippen molar-refractivity contribution < 1.29 is 61.6 Å². The van der Waals surface area contributed by atoms with E-state index >= 15 is 0 Å². The number of hydrogen-bond acceptors (Lipinski definition) is 7. The molecule has 0 spiro atoms. The Kier molecular flexibility index (Phi) is 27.0. The molecule has 0 atom stereocenters. The predicted octanol–water partition coefficient (Wildman–Crippen LogP) is 5.76. The van der Waals surface area contributed by atoms with E-state index in [0.29, 0.717) is 0 Å². The third-order valence-electron chi connectivity index (χ3n) is 7.41. The number of carbonyl (C=O) groups is 2. The first-order valence-corrected chi connectivity index (χ1v) is 17.8. The van der Waals surface area contributed by atoms with Gasteiger partial charge in [0.15, 0.2) is 0 Å². The zero-order valence-corrected chi connectivity index (χ0v) is 29.4. The molecule has 0 fully saturated rings. The molecule has 0 saturated carbocycles. The molecule has 1 rings (SSSR count). The standard InChI is InChI=1S/C33H56O7S.Na/c1-2-3-4-5-6-7-8-9-10-11-12-13-14-15-16-17-18-19-20-21-24-27-39-32(34)30-25-22-23-26-31(30)33(35)40-28-29-41(36,37)38;/h22-23,25-26H,2-21,24,27-29H2,1H3,(H,36,37,38);/q;+1/p-1. The average Bonchev–Trinajstić information content (AvgIpc) is 2.95. The van der Waals surface area contributed by atoms with Crippen molar-refractivity contribution in [2.75, 3.05) is 19.0 Å². The molecule has 0 radical (unpaired) electrons. The molecule has 7 nitrogen and oxygen atoms in total. The minimum absolute atomic E-state index is 0. The molecule has 0 aliphatic heterocycles. The molecule has 0 aliphatic carbocycles. The van der Waals surface area contributed by atoms with E-state index < -0.39 is 34.4 Å². The maximum absolute atomic E-state index is 12.4. The molecule has 0 aromatic heterocycles. The van der Waals surface area contributed by atoms with E-state index in [4.69, 9.17) is 9.47 Å². The second kappa shape index (κ2) is 27.6. The van der Waals surface area contributed by atoms with Crippen LogP contribution in [-0.4, -0.2) is 43.9 Å². The predicted molar refractivity (Wildman–Crippen MR) is 164 cm³/mol. The van der Waals surface area contributed by atoms with Crippen molar-refractivity contribution in [1.29, 1.82) is 0 Å². The Morgan fingerprint density at radius 2 is 0.881 bits per heavy atom. The van der Waals surface area contributed by atoms with E-state index in [1.807, 2.05) is 0 Å². The van der Waals surface area contributed by atoms with Crippen molar-refractivity contribution in [2.24, 2.45) is 0 Å². The molecule has 0 amide bonds. The summed E-state index contributed by atoms with van der Waals surface area (Å²) in [5, 5.41) is 0. The number of rotatable bonds is 27. The number of esters is 2. The Bertz CT molecular complexity index is 921. The van der Waals surface area contributed by atoms with Crippen molar-refractivity contribution in [3.63, 3.8) is 0 Å². The fourth-order valence-electron chi connectivity index (χ4n) is 4.93. The van der Waals surface area contributed by atoms with E-state index in [0.717, 1.165) is 19.3 Å².